The van der Waals surface area contributed by atoms with Crippen LogP contribution in [-0.2, 0) is 9.53 Å². The summed E-state index contributed by atoms with van der Waals surface area (Å²) in [6, 6.07) is 0. The Morgan fingerprint density at radius 1 is 1.25 bits per heavy atom. The van der Waals surface area contributed by atoms with Gasteiger partial charge in [-0.3, -0.25) is 4.79 Å². The van der Waals surface area contributed by atoms with Crippen molar-refractivity contribution in [1.82, 2.24) is 0 Å². The molecule has 1 saturated carbocycles. The first-order chi connectivity index (χ1) is 11.6. The van der Waals surface area contributed by atoms with E-state index < -0.39 is 5.97 Å². The van der Waals surface area contributed by atoms with E-state index in [0.717, 1.165) is 32.1 Å². The van der Waals surface area contributed by atoms with Gasteiger partial charge in [-0.2, -0.15) is 0 Å². The minimum atomic E-state index is -0.726. The zero-order valence-corrected chi connectivity index (χ0v) is 14.8. The molecule has 2 aliphatic heterocycles. The lowest BCUT2D eigenvalue weighted by Gasteiger charge is -2.25. The van der Waals surface area contributed by atoms with Gasteiger partial charge in [0.25, 0.3) is 0 Å². The number of carboxylic acid groups (broad SMARTS) is 1. The van der Waals surface area contributed by atoms with Gasteiger partial charge in [0, 0.05) is 18.8 Å². The summed E-state index contributed by atoms with van der Waals surface area (Å²) >= 11 is 0. The Kier molecular flexibility index (Phi) is 8.00. The maximum absolute atomic E-state index is 10.5. The van der Waals surface area contributed by atoms with Crippen LogP contribution in [0.15, 0.2) is 24.3 Å². The smallest absolute Gasteiger partial charge is 0.303 e. The Hall–Kier alpha value is -1.13. The van der Waals surface area contributed by atoms with Gasteiger partial charge in [0.1, 0.15) is 0 Å². The van der Waals surface area contributed by atoms with Crippen LogP contribution in [0.3, 0.4) is 0 Å². The van der Waals surface area contributed by atoms with Crippen molar-refractivity contribution in [1.29, 1.82) is 0 Å². The fourth-order valence-electron chi connectivity index (χ4n) is 3.76. The van der Waals surface area contributed by atoms with Crippen molar-refractivity contribution in [2.75, 3.05) is 0 Å². The predicted octanol–water partition coefficient (Wildman–Crippen LogP) is 4.09. The van der Waals surface area contributed by atoms with Gasteiger partial charge in [0.05, 0.1) is 18.3 Å². The van der Waals surface area contributed by atoms with Crippen molar-refractivity contribution in [2.45, 2.75) is 83.0 Å². The number of hydrogen-bond acceptors (Lipinski definition) is 3. The van der Waals surface area contributed by atoms with Crippen LogP contribution >= 0.6 is 0 Å². The van der Waals surface area contributed by atoms with Crippen molar-refractivity contribution in [3.63, 3.8) is 0 Å². The highest BCUT2D eigenvalue weighted by molar-refractivity contribution is 5.66. The second-order valence-corrected chi connectivity index (χ2v) is 7.13. The summed E-state index contributed by atoms with van der Waals surface area (Å²) in [7, 11) is 0. The van der Waals surface area contributed by atoms with E-state index in [1.165, 1.54) is 12.8 Å². The number of unbranched alkanes of at least 4 members (excludes halogenated alkanes) is 3. The molecule has 136 valence electrons. The molecule has 4 heteroatoms. The fraction of sp³-hybridized carbons (Fsp3) is 0.750. The number of allylic oxidation sites excluding steroid dienone is 2. The van der Waals surface area contributed by atoms with Crippen LogP contribution in [0.4, 0.5) is 0 Å². The second-order valence-electron chi connectivity index (χ2n) is 7.13. The van der Waals surface area contributed by atoms with Crippen LogP contribution in [0.5, 0.6) is 0 Å². The van der Waals surface area contributed by atoms with Gasteiger partial charge in [-0.1, -0.05) is 50.5 Å². The van der Waals surface area contributed by atoms with E-state index in [9.17, 15) is 9.90 Å². The molecule has 0 aromatic heterocycles. The lowest BCUT2D eigenvalue weighted by atomic mass is 9.91. The van der Waals surface area contributed by atoms with Crippen LogP contribution in [-0.4, -0.2) is 34.5 Å². The quantitative estimate of drug-likeness (QED) is 0.416. The molecule has 0 radical (unpaired) electrons. The maximum atomic E-state index is 10.5. The van der Waals surface area contributed by atoms with Crippen LogP contribution in [0.1, 0.15) is 64.7 Å². The fourth-order valence-corrected chi connectivity index (χ4v) is 3.76. The third-order valence-electron chi connectivity index (χ3n) is 5.21. The van der Waals surface area contributed by atoms with Crippen LogP contribution in [0, 0.1) is 11.8 Å². The third-order valence-corrected chi connectivity index (χ3v) is 5.21. The molecule has 0 aromatic carbocycles. The number of hydrogen-bond donors (Lipinski definition) is 2. The number of carbonyl (C=O) groups is 1. The van der Waals surface area contributed by atoms with Crippen LogP contribution < -0.4 is 0 Å². The summed E-state index contributed by atoms with van der Waals surface area (Å²) in [5.41, 5.74) is 0. The number of ether oxygens (including phenoxy) is 1. The van der Waals surface area contributed by atoms with Crippen molar-refractivity contribution in [3.05, 3.63) is 24.3 Å². The number of aliphatic hydroxyl groups excluding tert-OH is 1. The van der Waals surface area contributed by atoms with Gasteiger partial charge in [-0.05, 0) is 31.6 Å². The lowest BCUT2D eigenvalue weighted by molar-refractivity contribution is -0.137. The molecular weight excluding hydrogens is 304 g/mol. The summed E-state index contributed by atoms with van der Waals surface area (Å²) in [6.07, 6.45) is 17.0. The highest BCUT2D eigenvalue weighted by Crippen LogP contribution is 2.48. The van der Waals surface area contributed by atoms with Gasteiger partial charge in [-0.25, -0.2) is 0 Å². The van der Waals surface area contributed by atoms with Gasteiger partial charge < -0.3 is 14.9 Å². The van der Waals surface area contributed by atoms with E-state index in [1.54, 1.807) is 0 Å². The molecule has 2 heterocycles. The van der Waals surface area contributed by atoms with E-state index in [-0.39, 0.29) is 12.5 Å². The second kappa shape index (κ2) is 10.00. The predicted molar refractivity (Wildman–Crippen MR) is 94.8 cm³/mol. The number of rotatable bonds is 12. The monoisotopic (exact) mass is 336 g/mol. The maximum Gasteiger partial charge on any atom is 0.303 e. The number of fused-ring (bicyclic) bond motifs is 1. The van der Waals surface area contributed by atoms with Crippen LogP contribution in [0.2, 0.25) is 0 Å². The molecule has 24 heavy (non-hydrogen) atoms. The van der Waals surface area contributed by atoms with E-state index in [4.69, 9.17) is 9.84 Å². The standard InChI is InChI=1S/C20H32O4/c1-2-3-6-9-15(21)12-13-17-16(18-14-19(17)24-18)10-7-4-5-8-11-20(22)23/h4,7,12-13,15-19,21H,2-3,5-6,8-11,14H2,1H3,(H,22,23). The first-order valence-electron chi connectivity index (χ1n) is 9.50. The van der Waals surface area contributed by atoms with E-state index in [0.29, 0.717) is 30.5 Å². The molecule has 5 unspecified atom stereocenters. The Labute approximate surface area is 145 Å². The van der Waals surface area contributed by atoms with Gasteiger partial charge in [0.15, 0.2) is 0 Å². The first kappa shape index (κ1) is 19.2. The lowest BCUT2D eigenvalue weighted by Crippen LogP contribution is -2.29. The minimum absolute atomic E-state index is 0.239. The molecule has 2 saturated heterocycles. The summed E-state index contributed by atoms with van der Waals surface area (Å²) < 4.78 is 5.87. The number of aliphatic hydroxyl groups is 1. The van der Waals surface area contributed by atoms with Crippen molar-refractivity contribution < 1.29 is 19.7 Å². The van der Waals surface area contributed by atoms with E-state index in [2.05, 4.69) is 25.2 Å². The molecule has 0 spiro atoms. The van der Waals surface area contributed by atoms with Crippen molar-refractivity contribution in [2.24, 2.45) is 11.8 Å². The summed E-state index contributed by atoms with van der Waals surface area (Å²) in [6.45, 7) is 2.17. The number of aliphatic carboxylic acids is 1. The molecule has 0 amide bonds. The molecule has 3 rings (SSSR count). The topological polar surface area (TPSA) is 66.8 Å². The van der Waals surface area contributed by atoms with E-state index in [1.807, 2.05) is 6.08 Å². The highest BCUT2D eigenvalue weighted by atomic mass is 16.5. The number of carboxylic acids is 1. The van der Waals surface area contributed by atoms with E-state index >= 15 is 0 Å². The first-order valence-corrected chi connectivity index (χ1v) is 9.50. The minimum Gasteiger partial charge on any atom is -0.481 e. The molecule has 4 nitrogen and oxygen atoms in total. The zero-order valence-electron chi connectivity index (χ0n) is 14.8. The third kappa shape index (κ3) is 5.75. The molecule has 1 aliphatic carbocycles. The molecule has 3 aliphatic rings. The molecule has 2 bridgehead atoms. The molecule has 0 aromatic rings. The Bertz CT molecular complexity index is 437. The average Bonchev–Trinajstić information content (AvgIpc) is 3.01. The summed E-state index contributed by atoms with van der Waals surface area (Å²) in [5.74, 6) is 0.195. The summed E-state index contributed by atoms with van der Waals surface area (Å²) in [5, 5.41) is 18.7. The molecule has 3 fully saturated rings. The highest BCUT2D eigenvalue weighted by Gasteiger charge is 2.51. The van der Waals surface area contributed by atoms with Gasteiger partial charge in [0.2, 0.25) is 0 Å². The largest absolute Gasteiger partial charge is 0.481 e. The van der Waals surface area contributed by atoms with Crippen LogP contribution in [0.25, 0.3) is 0 Å². The molecular formula is C20H32O4. The average molecular weight is 336 g/mol. The van der Waals surface area contributed by atoms with Crippen molar-refractivity contribution in [3.8, 4) is 0 Å². The Balaban J connectivity index is 1.72. The SMILES string of the molecule is CCCCCC(O)C=CC1C2CC(O2)C1CC=CCCCC(=O)O. The normalized spacial score (nSPS) is 30.1. The summed E-state index contributed by atoms with van der Waals surface area (Å²) in [4.78, 5) is 10.5. The molecule has 5 atom stereocenters. The zero-order chi connectivity index (χ0) is 17.4. The van der Waals surface area contributed by atoms with Gasteiger partial charge >= 0.3 is 5.97 Å². The Morgan fingerprint density at radius 3 is 2.75 bits per heavy atom. The van der Waals surface area contributed by atoms with Gasteiger partial charge in [-0.15, -0.1) is 0 Å². The Morgan fingerprint density at radius 2 is 2.04 bits per heavy atom. The van der Waals surface area contributed by atoms with Crippen molar-refractivity contribution >= 4 is 5.97 Å². The molecule has 2 N–H and O–H groups in total.